The summed E-state index contributed by atoms with van der Waals surface area (Å²) in [5, 5.41) is 3.95. The van der Waals surface area contributed by atoms with Crippen molar-refractivity contribution in [3.63, 3.8) is 0 Å². The second-order valence-corrected chi connectivity index (χ2v) is 10.3. The van der Waals surface area contributed by atoms with Gasteiger partial charge >= 0.3 is 0 Å². The minimum atomic E-state index is -0.227. The second-order valence-electron chi connectivity index (χ2n) is 9.87. The van der Waals surface area contributed by atoms with Crippen molar-refractivity contribution in [3.8, 4) is 11.4 Å². The van der Waals surface area contributed by atoms with E-state index in [4.69, 9.17) is 16.6 Å². The van der Waals surface area contributed by atoms with Crippen LogP contribution < -0.4 is 15.8 Å². The first kappa shape index (κ1) is 23.8. The van der Waals surface area contributed by atoms with Crippen molar-refractivity contribution in [2.75, 3.05) is 31.1 Å². The summed E-state index contributed by atoms with van der Waals surface area (Å²) in [4.78, 5) is 36.2. The van der Waals surface area contributed by atoms with E-state index in [9.17, 15) is 9.59 Å². The molecule has 35 heavy (non-hydrogen) atoms. The molecular formula is C27H32ClN5O2. The molecule has 1 N–H and O–H groups in total. The maximum atomic E-state index is 13.8. The zero-order valence-electron chi connectivity index (χ0n) is 20.3. The van der Waals surface area contributed by atoms with E-state index in [1.54, 1.807) is 12.1 Å². The number of rotatable bonds is 6. The van der Waals surface area contributed by atoms with Crippen LogP contribution in [0.4, 0.5) is 5.69 Å². The second kappa shape index (κ2) is 9.99. The number of carbonyl (C=O) groups is 1. The normalized spacial score (nSPS) is 17.1. The van der Waals surface area contributed by atoms with E-state index < -0.39 is 0 Å². The molecule has 1 aliphatic carbocycles. The molecule has 2 aromatic carbocycles. The molecule has 1 aromatic heterocycles. The molecule has 1 saturated carbocycles. The summed E-state index contributed by atoms with van der Waals surface area (Å²) in [6.45, 7) is 7.79. The number of halogens is 1. The van der Waals surface area contributed by atoms with Gasteiger partial charge in [-0.15, -0.1) is 0 Å². The van der Waals surface area contributed by atoms with Crippen molar-refractivity contribution in [1.82, 2.24) is 19.8 Å². The molecule has 1 amide bonds. The Labute approximate surface area is 210 Å². The molecule has 184 valence electrons. The smallest absolute Gasteiger partial charge is 0.262 e. The summed E-state index contributed by atoms with van der Waals surface area (Å²) in [5.74, 6) is 0.210. The summed E-state index contributed by atoms with van der Waals surface area (Å²) >= 11 is 6.23. The quantitative estimate of drug-likeness (QED) is 0.563. The fourth-order valence-electron chi connectivity index (χ4n) is 4.91. The maximum Gasteiger partial charge on any atom is 0.262 e. The van der Waals surface area contributed by atoms with Gasteiger partial charge < -0.3 is 10.2 Å². The minimum Gasteiger partial charge on any atom is -0.370 e. The fraction of sp³-hybridized carbons (Fsp3) is 0.444. The number of hydrogen-bond acceptors (Lipinski definition) is 5. The Morgan fingerprint density at radius 1 is 1.11 bits per heavy atom. The topological polar surface area (TPSA) is 70.5 Å². The predicted octanol–water partition coefficient (Wildman–Crippen LogP) is 3.92. The molecule has 2 heterocycles. The van der Waals surface area contributed by atoms with E-state index in [0.717, 1.165) is 44.3 Å². The summed E-state index contributed by atoms with van der Waals surface area (Å²) in [6, 6.07) is 13.9. The number of anilines is 1. The van der Waals surface area contributed by atoms with Gasteiger partial charge in [-0.1, -0.05) is 23.7 Å². The Hall–Kier alpha value is -2.90. The zero-order valence-corrected chi connectivity index (χ0v) is 21.1. The van der Waals surface area contributed by atoms with Crippen LogP contribution in [0.25, 0.3) is 22.3 Å². The van der Waals surface area contributed by atoms with Crippen LogP contribution in [0.1, 0.15) is 33.1 Å². The molecule has 3 aromatic rings. The molecule has 0 bridgehead atoms. The van der Waals surface area contributed by atoms with E-state index >= 15 is 0 Å². The minimum absolute atomic E-state index is 0.0221. The molecule has 5 rings (SSSR count). The number of hydrogen-bond donors (Lipinski definition) is 1. The van der Waals surface area contributed by atoms with Gasteiger partial charge in [-0.05, 0) is 63.4 Å². The monoisotopic (exact) mass is 493 g/mol. The van der Waals surface area contributed by atoms with Gasteiger partial charge in [0.2, 0.25) is 5.91 Å². The van der Waals surface area contributed by atoms with Gasteiger partial charge in [0, 0.05) is 54.5 Å². The summed E-state index contributed by atoms with van der Waals surface area (Å²) in [6.07, 6.45) is 3.75. The summed E-state index contributed by atoms with van der Waals surface area (Å²) in [5.41, 5.74) is 2.12. The Morgan fingerprint density at radius 3 is 2.69 bits per heavy atom. The van der Waals surface area contributed by atoms with Gasteiger partial charge in [0.25, 0.3) is 5.56 Å². The number of nitrogens with one attached hydrogen (secondary N) is 1. The van der Waals surface area contributed by atoms with Gasteiger partial charge in [-0.25, -0.2) is 4.98 Å². The largest absolute Gasteiger partial charge is 0.370 e. The van der Waals surface area contributed by atoms with E-state index in [1.165, 1.54) is 17.4 Å². The SMILES string of the molecule is CC(C)NC(=O)Cn1c(-c2cccc(Cl)c2)nc2ccc(N3CCCN(C4CC4)CC3)cc2c1=O. The highest BCUT2D eigenvalue weighted by atomic mass is 35.5. The van der Waals surface area contributed by atoms with Crippen LogP contribution in [-0.4, -0.2) is 58.6 Å². The Morgan fingerprint density at radius 2 is 1.94 bits per heavy atom. The van der Waals surface area contributed by atoms with Gasteiger partial charge in [0.05, 0.1) is 10.9 Å². The van der Waals surface area contributed by atoms with Crippen LogP contribution in [-0.2, 0) is 11.3 Å². The van der Waals surface area contributed by atoms with Gasteiger partial charge in [-0.2, -0.15) is 0 Å². The zero-order chi connectivity index (χ0) is 24.5. The average Bonchev–Trinajstić information content (AvgIpc) is 3.67. The van der Waals surface area contributed by atoms with E-state index in [1.807, 2.05) is 38.1 Å². The molecule has 8 heteroatoms. The van der Waals surface area contributed by atoms with Crippen LogP contribution in [0.2, 0.25) is 5.02 Å². The van der Waals surface area contributed by atoms with Gasteiger partial charge in [0.15, 0.2) is 0 Å². The van der Waals surface area contributed by atoms with Crippen LogP contribution >= 0.6 is 11.6 Å². The Balaban J connectivity index is 1.54. The molecule has 1 aliphatic heterocycles. The number of fused-ring (bicyclic) bond motifs is 1. The number of amides is 1. The van der Waals surface area contributed by atoms with E-state index in [2.05, 4.69) is 21.2 Å². The molecule has 2 aliphatic rings. The maximum absolute atomic E-state index is 13.8. The number of benzene rings is 2. The highest BCUT2D eigenvalue weighted by Crippen LogP contribution is 2.29. The third kappa shape index (κ3) is 5.36. The van der Waals surface area contributed by atoms with Crippen molar-refractivity contribution in [3.05, 3.63) is 57.8 Å². The highest BCUT2D eigenvalue weighted by Gasteiger charge is 2.30. The lowest BCUT2D eigenvalue weighted by Crippen LogP contribution is -2.37. The molecule has 0 atom stereocenters. The molecule has 0 radical (unpaired) electrons. The lowest BCUT2D eigenvalue weighted by molar-refractivity contribution is -0.122. The number of nitrogens with zero attached hydrogens (tertiary/aromatic N) is 4. The van der Waals surface area contributed by atoms with Gasteiger partial charge in [-0.3, -0.25) is 19.1 Å². The number of carbonyl (C=O) groups excluding carboxylic acids is 1. The molecule has 2 fully saturated rings. The Bertz CT molecular complexity index is 1300. The Kier molecular flexibility index (Phi) is 6.80. The van der Waals surface area contributed by atoms with Crippen LogP contribution in [0, 0.1) is 0 Å². The molecule has 0 unspecified atom stereocenters. The third-order valence-electron chi connectivity index (χ3n) is 6.73. The summed E-state index contributed by atoms with van der Waals surface area (Å²) in [7, 11) is 0. The fourth-order valence-corrected chi connectivity index (χ4v) is 5.10. The summed E-state index contributed by atoms with van der Waals surface area (Å²) < 4.78 is 1.47. The first-order valence-corrected chi connectivity index (χ1v) is 12.9. The van der Waals surface area contributed by atoms with E-state index in [0.29, 0.717) is 27.3 Å². The first-order valence-electron chi connectivity index (χ1n) is 12.5. The first-order chi connectivity index (χ1) is 16.9. The predicted molar refractivity (Wildman–Crippen MR) is 141 cm³/mol. The van der Waals surface area contributed by atoms with Crippen LogP contribution in [0.5, 0.6) is 0 Å². The van der Waals surface area contributed by atoms with Crippen LogP contribution in [0.3, 0.4) is 0 Å². The molecule has 7 nitrogen and oxygen atoms in total. The van der Waals surface area contributed by atoms with Crippen LogP contribution in [0.15, 0.2) is 47.3 Å². The molecule has 0 spiro atoms. The van der Waals surface area contributed by atoms with Crippen molar-refractivity contribution in [2.24, 2.45) is 0 Å². The standard InChI is InChI=1S/C27H32ClN5O2/c1-18(2)29-25(34)17-33-26(19-5-3-6-20(28)15-19)30-24-10-9-22(16-23(24)27(33)35)32-12-4-11-31(13-14-32)21-7-8-21/h3,5-6,9-10,15-16,18,21H,4,7-8,11-14,17H2,1-2H3,(H,29,34). The van der Waals surface area contributed by atoms with E-state index in [-0.39, 0.29) is 24.1 Å². The molecular weight excluding hydrogens is 462 g/mol. The lowest BCUT2D eigenvalue weighted by Gasteiger charge is -2.24. The van der Waals surface area contributed by atoms with Crippen molar-refractivity contribution < 1.29 is 4.79 Å². The third-order valence-corrected chi connectivity index (χ3v) is 6.97. The molecule has 1 saturated heterocycles. The van der Waals surface area contributed by atoms with Crippen molar-refractivity contribution >= 4 is 34.1 Å². The number of aromatic nitrogens is 2. The van der Waals surface area contributed by atoms with Gasteiger partial charge in [0.1, 0.15) is 12.4 Å². The highest BCUT2D eigenvalue weighted by molar-refractivity contribution is 6.30. The average molecular weight is 494 g/mol. The van der Waals surface area contributed by atoms with Crippen molar-refractivity contribution in [1.29, 1.82) is 0 Å². The van der Waals surface area contributed by atoms with Crippen molar-refractivity contribution in [2.45, 2.75) is 51.7 Å². The lowest BCUT2D eigenvalue weighted by atomic mass is 10.1.